The van der Waals surface area contributed by atoms with E-state index >= 15 is 0 Å². The lowest BCUT2D eigenvalue weighted by molar-refractivity contribution is 1.08. The number of fused-ring (bicyclic) bond motifs is 1. The first kappa shape index (κ1) is 11.6. The number of nitrogens with zero attached hydrogens (tertiary/aromatic N) is 3. The number of aromatic nitrogens is 2. The van der Waals surface area contributed by atoms with Crippen LogP contribution in [0.2, 0.25) is 5.02 Å². The van der Waals surface area contributed by atoms with Gasteiger partial charge in [-0.3, -0.25) is 0 Å². The molecule has 3 aromatic rings. The summed E-state index contributed by atoms with van der Waals surface area (Å²) in [4.78, 5) is 0. The van der Waals surface area contributed by atoms with E-state index in [9.17, 15) is 5.26 Å². The Balaban J connectivity index is 2.36. The van der Waals surface area contributed by atoms with Gasteiger partial charge in [0.25, 0.3) is 0 Å². The van der Waals surface area contributed by atoms with Crippen LogP contribution in [0.4, 0.5) is 0 Å². The minimum absolute atomic E-state index is 0.499. The molecule has 3 rings (SSSR count). The molecular weight excluding hydrogens is 258 g/mol. The molecule has 2 aromatic carbocycles. The second-order valence-electron chi connectivity index (χ2n) is 4.06. The van der Waals surface area contributed by atoms with Crippen molar-refractivity contribution in [1.82, 2.24) is 10.2 Å². The zero-order chi connectivity index (χ0) is 13.2. The highest BCUT2D eigenvalue weighted by atomic mass is 35.5. The fraction of sp³-hybridized carbons (Fsp3) is 0. The van der Waals surface area contributed by atoms with Gasteiger partial charge in [-0.25, -0.2) is 0 Å². The predicted molar refractivity (Wildman–Crippen MR) is 74.7 cm³/mol. The fourth-order valence-electron chi connectivity index (χ4n) is 1.99. The zero-order valence-corrected chi connectivity index (χ0v) is 10.6. The van der Waals surface area contributed by atoms with Crippen molar-refractivity contribution < 1.29 is 0 Å². The average molecular weight is 266 g/mol. The normalized spacial score (nSPS) is 10.3. The summed E-state index contributed by atoms with van der Waals surface area (Å²) in [6, 6.07) is 17.0. The topological polar surface area (TPSA) is 49.6 Å². The number of rotatable bonds is 1. The summed E-state index contributed by atoms with van der Waals surface area (Å²) in [5, 5.41) is 19.0. The molecule has 0 saturated carbocycles. The summed E-state index contributed by atoms with van der Waals surface area (Å²) >= 11 is 5.99. The van der Waals surface area contributed by atoms with Gasteiger partial charge in [-0.05, 0) is 18.2 Å². The van der Waals surface area contributed by atoms with Crippen LogP contribution in [0, 0.1) is 11.3 Å². The minimum atomic E-state index is 0.499. The Morgan fingerprint density at radius 2 is 1.79 bits per heavy atom. The molecular formula is C15H8ClN3. The van der Waals surface area contributed by atoms with Gasteiger partial charge in [-0.2, -0.15) is 5.26 Å². The smallest absolute Gasteiger partial charge is 0.111 e. The molecule has 0 saturated heterocycles. The van der Waals surface area contributed by atoms with Crippen molar-refractivity contribution in [2.45, 2.75) is 0 Å². The van der Waals surface area contributed by atoms with Crippen molar-refractivity contribution in [2.75, 3.05) is 0 Å². The lowest BCUT2D eigenvalue weighted by Gasteiger charge is -2.05. The van der Waals surface area contributed by atoms with Crippen LogP contribution in [0.3, 0.4) is 0 Å². The maximum atomic E-state index is 9.41. The molecule has 19 heavy (non-hydrogen) atoms. The van der Waals surface area contributed by atoms with Gasteiger partial charge in [-0.1, -0.05) is 41.9 Å². The molecule has 0 aliphatic carbocycles. The Morgan fingerprint density at radius 1 is 1.00 bits per heavy atom. The van der Waals surface area contributed by atoms with Crippen LogP contribution in [-0.2, 0) is 0 Å². The highest BCUT2D eigenvalue weighted by Crippen LogP contribution is 2.27. The van der Waals surface area contributed by atoms with Crippen molar-refractivity contribution in [1.29, 1.82) is 5.26 Å². The number of nitriles is 1. The van der Waals surface area contributed by atoms with Crippen LogP contribution in [0.5, 0.6) is 0 Å². The van der Waals surface area contributed by atoms with Gasteiger partial charge in [0.05, 0.1) is 11.1 Å². The molecule has 0 aliphatic heterocycles. The largest absolute Gasteiger partial charge is 0.192 e. The van der Waals surface area contributed by atoms with Crippen molar-refractivity contribution in [3.63, 3.8) is 0 Å². The van der Waals surface area contributed by atoms with E-state index in [0.29, 0.717) is 21.8 Å². The summed E-state index contributed by atoms with van der Waals surface area (Å²) in [6.45, 7) is 0. The highest BCUT2D eigenvalue weighted by Gasteiger charge is 2.12. The molecule has 0 aliphatic rings. The molecule has 4 heteroatoms. The molecule has 0 unspecified atom stereocenters. The molecule has 0 amide bonds. The van der Waals surface area contributed by atoms with Gasteiger partial charge < -0.3 is 0 Å². The van der Waals surface area contributed by atoms with E-state index in [-0.39, 0.29) is 0 Å². The number of hydrogen-bond donors (Lipinski definition) is 0. The summed E-state index contributed by atoms with van der Waals surface area (Å²) in [5.41, 5.74) is 2.62. The second-order valence-corrected chi connectivity index (χ2v) is 4.50. The van der Waals surface area contributed by atoms with E-state index in [2.05, 4.69) is 16.3 Å². The van der Waals surface area contributed by atoms with Crippen molar-refractivity contribution in [3.05, 3.63) is 59.1 Å². The highest BCUT2D eigenvalue weighted by molar-refractivity contribution is 6.31. The number of hydrogen-bond acceptors (Lipinski definition) is 3. The summed E-state index contributed by atoms with van der Waals surface area (Å²) in [7, 11) is 0. The van der Waals surface area contributed by atoms with E-state index in [1.54, 1.807) is 18.2 Å². The van der Waals surface area contributed by atoms with Crippen molar-refractivity contribution in [3.8, 4) is 17.3 Å². The summed E-state index contributed by atoms with van der Waals surface area (Å²) in [6.07, 6.45) is 0. The maximum Gasteiger partial charge on any atom is 0.111 e. The summed E-state index contributed by atoms with van der Waals surface area (Å²) < 4.78 is 0. The molecule has 0 fully saturated rings. The first-order valence-electron chi connectivity index (χ1n) is 5.71. The minimum Gasteiger partial charge on any atom is -0.192 e. The quantitative estimate of drug-likeness (QED) is 0.672. The molecule has 0 bridgehead atoms. The molecule has 1 heterocycles. The Labute approximate surface area is 115 Å². The van der Waals surface area contributed by atoms with Crippen LogP contribution >= 0.6 is 11.6 Å². The third-order valence-corrected chi connectivity index (χ3v) is 3.12. The van der Waals surface area contributed by atoms with Gasteiger partial charge in [0, 0.05) is 16.0 Å². The monoisotopic (exact) mass is 265 g/mol. The first-order valence-corrected chi connectivity index (χ1v) is 6.09. The van der Waals surface area contributed by atoms with Crippen LogP contribution in [0.1, 0.15) is 5.56 Å². The lowest BCUT2D eigenvalue weighted by atomic mass is 10.0. The first-order chi connectivity index (χ1) is 9.29. The van der Waals surface area contributed by atoms with Crippen LogP contribution in [-0.4, -0.2) is 10.2 Å². The fourth-order valence-corrected chi connectivity index (χ4v) is 2.16. The molecule has 90 valence electrons. The van der Waals surface area contributed by atoms with Gasteiger partial charge >= 0.3 is 0 Å². The number of benzene rings is 2. The molecule has 0 N–H and O–H groups in total. The Morgan fingerprint density at radius 3 is 2.53 bits per heavy atom. The van der Waals surface area contributed by atoms with Gasteiger partial charge in [-0.15, -0.1) is 10.2 Å². The molecule has 3 nitrogen and oxygen atoms in total. The molecule has 0 spiro atoms. The van der Waals surface area contributed by atoms with Gasteiger partial charge in [0.2, 0.25) is 0 Å². The SMILES string of the molecule is N#Cc1c(-c2ccccc2)nnc2ccc(Cl)cc12. The average Bonchev–Trinajstić information content (AvgIpc) is 2.46. The van der Waals surface area contributed by atoms with E-state index in [1.807, 2.05) is 30.3 Å². The van der Waals surface area contributed by atoms with Gasteiger partial charge in [0.15, 0.2) is 0 Å². The Hall–Kier alpha value is -2.44. The molecule has 0 atom stereocenters. The van der Waals surface area contributed by atoms with Crippen LogP contribution < -0.4 is 0 Å². The lowest BCUT2D eigenvalue weighted by Crippen LogP contribution is -1.95. The van der Waals surface area contributed by atoms with Crippen molar-refractivity contribution >= 4 is 22.5 Å². The third-order valence-electron chi connectivity index (χ3n) is 2.88. The van der Waals surface area contributed by atoms with Crippen LogP contribution in [0.15, 0.2) is 48.5 Å². The zero-order valence-electron chi connectivity index (χ0n) is 9.84. The van der Waals surface area contributed by atoms with E-state index in [1.165, 1.54) is 0 Å². The van der Waals surface area contributed by atoms with Gasteiger partial charge in [0.1, 0.15) is 11.8 Å². The second kappa shape index (κ2) is 4.68. The Kier molecular flexibility index (Phi) is 2.86. The third kappa shape index (κ3) is 2.03. The standard InChI is InChI=1S/C15H8ClN3/c16-11-6-7-14-12(8-11)13(9-17)15(19-18-14)10-4-2-1-3-5-10/h1-8H. The van der Waals surface area contributed by atoms with E-state index < -0.39 is 0 Å². The van der Waals surface area contributed by atoms with E-state index in [4.69, 9.17) is 11.6 Å². The summed E-state index contributed by atoms with van der Waals surface area (Å²) in [5.74, 6) is 0. The maximum absolute atomic E-state index is 9.41. The van der Waals surface area contributed by atoms with Crippen LogP contribution in [0.25, 0.3) is 22.2 Å². The van der Waals surface area contributed by atoms with Crippen molar-refractivity contribution in [2.24, 2.45) is 0 Å². The Bertz CT molecular complexity index is 792. The van der Waals surface area contributed by atoms with E-state index in [0.717, 1.165) is 10.9 Å². The molecule has 0 radical (unpaired) electrons. The predicted octanol–water partition coefficient (Wildman–Crippen LogP) is 3.82. The molecule has 1 aromatic heterocycles. The number of halogens is 1.